The molecule has 12 heteroatoms. The van der Waals surface area contributed by atoms with Crippen molar-refractivity contribution in [1.29, 1.82) is 0 Å². The van der Waals surface area contributed by atoms with Crippen LogP contribution in [0.5, 0.6) is 0 Å². The number of hydrogen-bond donors (Lipinski definition) is 4. The summed E-state index contributed by atoms with van der Waals surface area (Å²) in [6.45, 7) is 8.67. The van der Waals surface area contributed by atoms with E-state index in [0.717, 1.165) is 5.56 Å². The van der Waals surface area contributed by atoms with Gasteiger partial charge in [-0.2, -0.15) is 0 Å². The predicted molar refractivity (Wildman–Crippen MR) is 144 cm³/mol. The van der Waals surface area contributed by atoms with E-state index in [9.17, 15) is 28.8 Å². The number of ether oxygens (including phenoxy) is 1. The molecule has 39 heavy (non-hydrogen) atoms. The maximum atomic E-state index is 13.4. The van der Waals surface area contributed by atoms with Crippen molar-refractivity contribution in [1.82, 2.24) is 16.0 Å². The molecule has 3 amide bonds. The molecule has 1 rings (SSSR count). The lowest BCUT2D eigenvalue weighted by Gasteiger charge is -2.27. The highest BCUT2D eigenvalue weighted by Gasteiger charge is 2.32. The summed E-state index contributed by atoms with van der Waals surface area (Å²) in [5.41, 5.74) is -0.0620. The highest BCUT2D eigenvalue weighted by Crippen LogP contribution is 2.11. The van der Waals surface area contributed by atoms with Gasteiger partial charge in [0, 0.05) is 12.8 Å². The van der Waals surface area contributed by atoms with Crippen LogP contribution in [0.1, 0.15) is 59.4 Å². The molecule has 0 aliphatic rings. The zero-order valence-corrected chi connectivity index (χ0v) is 23.7. The number of amides is 3. The fraction of sp³-hybridized carbons (Fsp3) is 0.556. The molecule has 1 aromatic carbocycles. The number of carboxylic acid groups (broad SMARTS) is 1. The Bertz CT molecular complexity index is 1020. The summed E-state index contributed by atoms with van der Waals surface area (Å²) in [6, 6.07) is 5.25. The van der Waals surface area contributed by atoms with Crippen LogP contribution in [-0.4, -0.2) is 70.2 Å². The number of carboxylic acids is 1. The molecular formula is C27H38ClN3O8. The van der Waals surface area contributed by atoms with Crippen LogP contribution in [-0.2, 0) is 35.1 Å². The Morgan fingerprint density at radius 1 is 0.897 bits per heavy atom. The Morgan fingerprint density at radius 3 is 1.97 bits per heavy atom. The first-order valence-electron chi connectivity index (χ1n) is 12.6. The number of halogens is 1. The first kappa shape index (κ1) is 33.6. The van der Waals surface area contributed by atoms with Gasteiger partial charge >= 0.3 is 12.1 Å². The van der Waals surface area contributed by atoms with E-state index in [0.29, 0.717) is 0 Å². The monoisotopic (exact) mass is 567 g/mol. The third kappa shape index (κ3) is 13.2. The average molecular weight is 568 g/mol. The average Bonchev–Trinajstić information content (AvgIpc) is 2.83. The van der Waals surface area contributed by atoms with E-state index in [1.165, 1.54) is 0 Å². The minimum absolute atomic E-state index is 0.0786. The Hall–Kier alpha value is -3.47. The quantitative estimate of drug-likeness (QED) is 0.185. The summed E-state index contributed by atoms with van der Waals surface area (Å²) in [6.07, 6.45) is -1.37. The fourth-order valence-corrected chi connectivity index (χ4v) is 3.68. The van der Waals surface area contributed by atoms with Crippen molar-refractivity contribution >= 4 is 47.0 Å². The fourth-order valence-electron chi connectivity index (χ4n) is 3.55. The first-order chi connectivity index (χ1) is 18.1. The highest BCUT2D eigenvalue weighted by molar-refractivity contribution is 6.48. The van der Waals surface area contributed by atoms with Gasteiger partial charge in [-0.1, -0.05) is 44.2 Å². The minimum Gasteiger partial charge on any atom is -0.481 e. The molecule has 0 fully saturated rings. The van der Waals surface area contributed by atoms with E-state index in [4.69, 9.17) is 21.4 Å². The number of hydrogen-bond acceptors (Lipinski definition) is 7. The van der Waals surface area contributed by atoms with E-state index in [1.54, 1.807) is 51.1 Å². The Kier molecular flexibility index (Phi) is 13.6. The number of alkyl halides is 1. The van der Waals surface area contributed by atoms with Gasteiger partial charge < -0.3 is 25.8 Å². The third-order valence-electron chi connectivity index (χ3n) is 5.31. The lowest BCUT2D eigenvalue weighted by molar-refractivity contribution is -0.140. The van der Waals surface area contributed by atoms with Crippen LogP contribution < -0.4 is 16.0 Å². The summed E-state index contributed by atoms with van der Waals surface area (Å²) >= 11 is 5.47. The Labute approximate surface area is 233 Å². The molecule has 0 aliphatic carbocycles. The number of aliphatic carboxylic acids is 1. The first-order valence-corrected chi connectivity index (χ1v) is 13.1. The topological polar surface area (TPSA) is 168 Å². The summed E-state index contributed by atoms with van der Waals surface area (Å²) in [5, 5.41) is 16.6. The number of rotatable bonds is 15. The SMILES string of the molecule is CC(C)C[C@H](NC(=O)[C@H](Cc1ccccc1)NC(=O)OC(C)(C)C)C(=O)N[C@@H](CCC(=O)O)C(=O)C(=O)CCl. The molecule has 0 unspecified atom stereocenters. The molecule has 0 bridgehead atoms. The van der Waals surface area contributed by atoms with Gasteiger partial charge in [0.1, 0.15) is 17.7 Å². The number of carbonyl (C=O) groups excluding carboxylic acids is 5. The van der Waals surface area contributed by atoms with E-state index in [1.807, 2.05) is 13.8 Å². The molecule has 3 atom stereocenters. The van der Waals surface area contributed by atoms with Gasteiger partial charge in [-0.25, -0.2) is 4.79 Å². The smallest absolute Gasteiger partial charge is 0.408 e. The third-order valence-corrected chi connectivity index (χ3v) is 5.55. The molecule has 0 radical (unpaired) electrons. The molecule has 0 heterocycles. The molecule has 4 N–H and O–H groups in total. The molecule has 1 aromatic rings. The summed E-state index contributed by atoms with van der Waals surface area (Å²) in [4.78, 5) is 74.4. The molecule has 0 spiro atoms. The van der Waals surface area contributed by atoms with Crippen LogP contribution in [0.2, 0.25) is 0 Å². The summed E-state index contributed by atoms with van der Waals surface area (Å²) < 4.78 is 5.29. The van der Waals surface area contributed by atoms with Gasteiger partial charge in [-0.05, 0) is 45.1 Å². The zero-order chi connectivity index (χ0) is 29.8. The maximum Gasteiger partial charge on any atom is 0.408 e. The van der Waals surface area contributed by atoms with Crippen molar-refractivity contribution in [2.75, 3.05) is 5.88 Å². The number of benzene rings is 1. The van der Waals surface area contributed by atoms with E-state index in [-0.39, 0.29) is 25.2 Å². The molecule has 0 aliphatic heterocycles. The van der Waals surface area contributed by atoms with Crippen molar-refractivity contribution in [2.45, 2.75) is 84.0 Å². The van der Waals surface area contributed by atoms with Gasteiger partial charge in [0.15, 0.2) is 0 Å². The van der Waals surface area contributed by atoms with Crippen molar-refractivity contribution in [3.05, 3.63) is 35.9 Å². The van der Waals surface area contributed by atoms with E-state index >= 15 is 0 Å². The molecule has 0 aromatic heterocycles. The second kappa shape index (κ2) is 15.8. The number of alkyl carbamates (subject to hydrolysis) is 1. The number of ketones is 2. The van der Waals surface area contributed by atoms with Crippen LogP contribution in [0.3, 0.4) is 0 Å². The van der Waals surface area contributed by atoms with Crippen molar-refractivity contribution in [3.63, 3.8) is 0 Å². The lowest BCUT2D eigenvalue weighted by Crippen LogP contribution is -2.57. The molecule has 216 valence electrons. The lowest BCUT2D eigenvalue weighted by atomic mass is 9.99. The number of carbonyl (C=O) groups is 6. The predicted octanol–water partition coefficient (Wildman–Crippen LogP) is 2.38. The summed E-state index contributed by atoms with van der Waals surface area (Å²) in [5.74, 6) is -5.37. The summed E-state index contributed by atoms with van der Waals surface area (Å²) in [7, 11) is 0. The van der Waals surface area contributed by atoms with Gasteiger partial charge in [0.2, 0.25) is 23.4 Å². The van der Waals surface area contributed by atoms with Crippen LogP contribution >= 0.6 is 11.6 Å². The number of Topliss-reactive ketones (excluding diaryl/α,β-unsaturated/α-hetero) is 2. The van der Waals surface area contributed by atoms with Gasteiger partial charge in [0.05, 0.1) is 11.9 Å². The van der Waals surface area contributed by atoms with Crippen molar-refractivity contribution in [3.8, 4) is 0 Å². The van der Waals surface area contributed by atoms with Crippen LogP contribution in [0, 0.1) is 5.92 Å². The minimum atomic E-state index is -1.42. The second-order valence-electron chi connectivity index (χ2n) is 10.5. The van der Waals surface area contributed by atoms with Crippen molar-refractivity contribution < 1.29 is 38.6 Å². The van der Waals surface area contributed by atoms with Crippen LogP contribution in [0.15, 0.2) is 30.3 Å². The maximum absolute atomic E-state index is 13.4. The van der Waals surface area contributed by atoms with E-state index in [2.05, 4.69) is 16.0 Å². The molecule has 0 saturated heterocycles. The second-order valence-corrected chi connectivity index (χ2v) is 10.8. The molecule has 0 saturated carbocycles. The standard InChI is InChI=1S/C27H38ClN3O8/c1-16(2)13-19(24(36)29-18(11-12-22(33)34)23(35)21(32)15-28)30-25(37)20(14-17-9-7-6-8-10-17)31-26(38)39-27(3,4)5/h6-10,16,18-20H,11-15H2,1-5H3,(H,29,36)(H,30,37)(H,31,38)(H,33,34)/t18-,19-,20-/m0/s1. The van der Waals surface area contributed by atoms with E-state index < -0.39 is 71.5 Å². The van der Waals surface area contributed by atoms with Gasteiger partial charge in [0.25, 0.3) is 0 Å². The Balaban J connectivity index is 3.17. The number of nitrogens with one attached hydrogen (secondary N) is 3. The Morgan fingerprint density at radius 2 is 1.46 bits per heavy atom. The zero-order valence-electron chi connectivity index (χ0n) is 22.9. The van der Waals surface area contributed by atoms with Crippen LogP contribution in [0.4, 0.5) is 4.79 Å². The van der Waals surface area contributed by atoms with Gasteiger partial charge in [-0.3, -0.25) is 24.0 Å². The van der Waals surface area contributed by atoms with Crippen molar-refractivity contribution in [2.24, 2.45) is 5.92 Å². The largest absolute Gasteiger partial charge is 0.481 e. The van der Waals surface area contributed by atoms with Crippen LogP contribution in [0.25, 0.3) is 0 Å². The normalized spacial score (nSPS) is 13.5. The van der Waals surface area contributed by atoms with Gasteiger partial charge in [-0.15, -0.1) is 11.6 Å². The molecule has 11 nitrogen and oxygen atoms in total. The molecular weight excluding hydrogens is 530 g/mol. The highest BCUT2D eigenvalue weighted by atomic mass is 35.5.